The first-order chi connectivity index (χ1) is 38.8. The number of benzene rings is 4. The first-order valence-electron chi connectivity index (χ1n) is 26.5. The molecule has 20 nitrogen and oxygen atoms in total. The monoisotopic (exact) mass is 1180 g/mol. The number of hydrogen-bond donors (Lipinski definition) is 4. The minimum absolute atomic E-state index is 0.0477. The van der Waals surface area contributed by atoms with Gasteiger partial charge in [-0.2, -0.15) is 0 Å². The van der Waals surface area contributed by atoms with Crippen molar-refractivity contribution in [1.29, 1.82) is 0 Å². The van der Waals surface area contributed by atoms with Crippen molar-refractivity contribution in [2.24, 2.45) is 0 Å². The van der Waals surface area contributed by atoms with Gasteiger partial charge < -0.3 is 59.1 Å². The summed E-state index contributed by atoms with van der Waals surface area (Å²) in [5.41, 5.74) is 10.3. The number of rotatable bonds is 31. The second-order valence-corrected chi connectivity index (χ2v) is 21.2. The Morgan fingerprint density at radius 3 is 1.32 bits per heavy atom. The number of fused-ring (bicyclic) bond motifs is 2. The maximum absolute atomic E-state index is 12.3. The van der Waals surface area contributed by atoms with E-state index in [9.17, 15) is 19.8 Å². The molecule has 0 saturated heterocycles. The lowest BCUT2D eigenvalue weighted by molar-refractivity contribution is -0.146. The fourth-order valence-electron chi connectivity index (χ4n) is 9.56. The summed E-state index contributed by atoms with van der Waals surface area (Å²) in [5.74, 6) is -1.60. The molecule has 80 heavy (non-hydrogen) atoms. The number of nitrogens with one attached hydrogen (secondary N) is 2. The summed E-state index contributed by atoms with van der Waals surface area (Å²) in [6.45, 7) is 8.00. The summed E-state index contributed by atoms with van der Waals surface area (Å²) in [5, 5.41) is 45.3. The van der Waals surface area contributed by atoms with E-state index in [1.54, 1.807) is 21.5 Å². The van der Waals surface area contributed by atoms with Gasteiger partial charge in [0.15, 0.2) is 12.2 Å². The number of nitrogens with zero attached hydrogens (tertiary/aromatic N) is 8. The van der Waals surface area contributed by atoms with Gasteiger partial charge in [0.25, 0.3) is 11.8 Å². The smallest absolute Gasteiger partial charge is 0.252 e. The summed E-state index contributed by atoms with van der Waals surface area (Å²) in [7, 11) is 4.18. The number of carbonyl (C=O) groups excluding carboxylic acids is 2. The molecule has 0 saturated carbocycles. The van der Waals surface area contributed by atoms with E-state index in [0.717, 1.165) is 82.1 Å². The Kier molecular flexibility index (Phi) is 23.4. The minimum atomic E-state index is -1.97. The lowest BCUT2D eigenvalue weighted by Crippen LogP contribution is -2.50. The predicted octanol–water partition coefficient (Wildman–Crippen LogP) is 5.73. The van der Waals surface area contributed by atoms with Crippen LogP contribution < -0.4 is 10.6 Å². The molecule has 0 bridgehead atoms. The Hall–Kier alpha value is -5.14. The molecular weight excluding hydrogens is 1110 g/mol. The predicted molar refractivity (Wildman–Crippen MR) is 303 cm³/mol. The molecule has 2 amide bonds. The van der Waals surface area contributed by atoms with Crippen LogP contribution in [0, 0.1) is 0 Å². The number of aliphatic hydroxyl groups is 2. The lowest BCUT2D eigenvalue weighted by Gasteiger charge is -2.33. The maximum atomic E-state index is 12.3. The molecule has 24 heteroatoms. The maximum Gasteiger partial charge on any atom is 0.252 e. The van der Waals surface area contributed by atoms with Gasteiger partial charge in [0.2, 0.25) is 0 Å². The van der Waals surface area contributed by atoms with Crippen molar-refractivity contribution in [3.63, 3.8) is 0 Å². The van der Waals surface area contributed by atoms with Gasteiger partial charge in [-0.15, -0.1) is 10.2 Å². The van der Waals surface area contributed by atoms with Crippen LogP contribution in [-0.4, -0.2) is 194 Å². The molecule has 4 atom stereocenters. The van der Waals surface area contributed by atoms with E-state index >= 15 is 0 Å². The molecule has 0 aliphatic carbocycles. The summed E-state index contributed by atoms with van der Waals surface area (Å²) < 4.78 is 37.0. The van der Waals surface area contributed by atoms with Gasteiger partial charge in [0, 0.05) is 82.3 Å². The van der Waals surface area contributed by atoms with Crippen LogP contribution in [0.4, 0.5) is 0 Å². The number of hydrogen-bond acceptors (Lipinski definition) is 16. The highest BCUT2D eigenvalue weighted by Crippen LogP contribution is 2.41. The molecule has 4 N–H and O–H groups in total. The lowest BCUT2D eigenvalue weighted by atomic mass is 9.84. The molecule has 0 unspecified atom stereocenters. The van der Waals surface area contributed by atoms with Crippen molar-refractivity contribution in [2.45, 2.75) is 50.2 Å². The molecule has 2 aromatic heterocycles. The van der Waals surface area contributed by atoms with E-state index in [0.29, 0.717) is 86.0 Å². The topological polar surface area (TPSA) is 222 Å². The molecular formula is C56H68Cl4N10O10. The highest BCUT2D eigenvalue weighted by Gasteiger charge is 2.31. The number of carbonyl (C=O) groups is 2. The molecule has 430 valence electrons. The largest absolute Gasteiger partial charge is 0.380 e. The van der Waals surface area contributed by atoms with Gasteiger partial charge >= 0.3 is 0 Å². The summed E-state index contributed by atoms with van der Waals surface area (Å²) in [6.07, 6.45) is -0.146. The Bertz CT molecular complexity index is 2770. The zero-order valence-corrected chi connectivity index (χ0v) is 47.8. The standard InChI is InChI=1S/C56H68Cl4N10O10/c1-67-31-45(43-27-41(57)29-49(59)47(43)33-67)37-5-3-7-39(25-37)51-35-69(65-63-51)11-15-77-19-23-79-21-17-75-13-9-61-55(73)53(71)54(72)56(74)62-10-14-76-18-22-80-24-20-78-16-12-70-36-52(64-66-70)40-8-4-6-38(26-40)46-32-68(2)34-48-44(46)28-42(58)30-50(48)60/h3-8,25-30,35-36,45-46,53-54,71-72H,9-24,31-34H2,1-2H3,(H,61,73)(H,62,74)/t45-,46-,53+,54+/m0/s1. The Morgan fingerprint density at radius 2 is 0.925 bits per heavy atom. The number of likely N-dealkylation sites (N-methyl/N-ethyl adjacent to an activating group) is 2. The Labute approximate surface area is 485 Å². The van der Waals surface area contributed by atoms with Crippen molar-refractivity contribution in [2.75, 3.05) is 120 Å². The average Bonchev–Trinajstić information content (AvgIpc) is 4.14. The van der Waals surface area contributed by atoms with Gasteiger partial charge in [-0.25, -0.2) is 9.36 Å². The number of aromatic nitrogens is 6. The molecule has 8 rings (SSSR count). The zero-order valence-electron chi connectivity index (χ0n) is 44.8. The molecule has 2 aliphatic rings. The molecule has 4 aromatic carbocycles. The van der Waals surface area contributed by atoms with Gasteiger partial charge in [0.1, 0.15) is 11.4 Å². The second-order valence-electron chi connectivity index (χ2n) is 19.5. The zero-order chi connectivity index (χ0) is 56.4. The molecule has 4 heterocycles. The van der Waals surface area contributed by atoms with Gasteiger partial charge in [-0.3, -0.25) is 9.59 Å². The van der Waals surface area contributed by atoms with Crippen molar-refractivity contribution < 1.29 is 48.2 Å². The molecule has 0 radical (unpaired) electrons. The van der Waals surface area contributed by atoms with Crippen LogP contribution in [-0.2, 0) is 64.2 Å². The Balaban J connectivity index is 0.591. The van der Waals surface area contributed by atoms with Gasteiger partial charge in [-0.05, 0) is 83.9 Å². The third-order valence-electron chi connectivity index (χ3n) is 13.6. The fraction of sp³-hybridized carbons (Fsp3) is 0.464. The summed E-state index contributed by atoms with van der Waals surface area (Å²) in [4.78, 5) is 29.2. The van der Waals surface area contributed by atoms with Crippen LogP contribution >= 0.6 is 46.4 Å². The third-order valence-corrected chi connectivity index (χ3v) is 14.7. The van der Waals surface area contributed by atoms with E-state index in [2.05, 4.69) is 79.4 Å². The normalized spacial score (nSPS) is 16.3. The number of aliphatic hydroxyl groups excluding tert-OH is 2. The van der Waals surface area contributed by atoms with Crippen LogP contribution in [0.25, 0.3) is 22.5 Å². The summed E-state index contributed by atoms with van der Waals surface area (Å²) >= 11 is 26.0. The van der Waals surface area contributed by atoms with E-state index in [1.165, 1.54) is 0 Å². The van der Waals surface area contributed by atoms with E-state index in [-0.39, 0.29) is 51.4 Å². The van der Waals surface area contributed by atoms with Crippen LogP contribution in [0.15, 0.2) is 85.2 Å². The first-order valence-corrected chi connectivity index (χ1v) is 28.0. The van der Waals surface area contributed by atoms with Gasteiger partial charge in [-0.1, -0.05) is 93.2 Å². The number of ether oxygens (including phenoxy) is 6. The van der Waals surface area contributed by atoms with Crippen LogP contribution in [0.2, 0.25) is 20.1 Å². The fourth-order valence-corrected chi connectivity index (χ4v) is 10.7. The highest BCUT2D eigenvalue weighted by atomic mass is 35.5. The van der Waals surface area contributed by atoms with Gasteiger partial charge in [0.05, 0.1) is 105 Å². The van der Waals surface area contributed by atoms with E-state index < -0.39 is 24.0 Å². The molecule has 0 spiro atoms. The molecule has 6 aromatic rings. The van der Waals surface area contributed by atoms with Crippen molar-refractivity contribution in [3.05, 3.63) is 139 Å². The number of amides is 2. The van der Waals surface area contributed by atoms with Crippen molar-refractivity contribution in [3.8, 4) is 22.5 Å². The van der Waals surface area contributed by atoms with E-state index in [4.69, 9.17) is 74.8 Å². The quantitative estimate of drug-likeness (QED) is 0.0382. The van der Waals surface area contributed by atoms with Crippen LogP contribution in [0.3, 0.4) is 0 Å². The first kappa shape index (κ1) is 60.9. The highest BCUT2D eigenvalue weighted by molar-refractivity contribution is 6.35. The SMILES string of the molecule is CN1Cc2c(Cl)cc(Cl)cc2[C@H](c2cccc(-c3cn(CCOCCOCCOCCNC(=O)[C@H](O)[C@@H](O)C(=O)NCCOCCOCCOCCn4cc(-c5cccc([C@@H]6CN(C)Cc7c(Cl)cc(Cl)cc76)c5)nn4)nn3)c2)C1. The number of halogens is 4. The molecule has 0 fully saturated rings. The minimum Gasteiger partial charge on any atom is -0.380 e. The molecule has 2 aliphatic heterocycles. The summed E-state index contributed by atoms with van der Waals surface area (Å²) in [6, 6.07) is 24.3. The van der Waals surface area contributed by atoms with Crippen molar-refractivity contribution >= 4 is 58.2 Å². The van der Waals surface area contributed by atoms with E-state index in [1.807, 2.05) is 48.8 Å². The van der Waals surface area contributed by atoms with Crippen molar-refractivity contribution in [1.82, 2.24) is 50.4 Å². The third kappa shape index (κ3) is 17.4. The van der Waals surface area contributed by atoms with Crippen LogP contribution in [0.1, 0.15) is 45.2 Å². The second kappa shape index (κ2) is 30.8. The average molecular weight is 1180 g/mol. The Morgan fingerprint density at radius 1 is 0.550 bits per heavy atom. The van der Waals surface area contributed by atoms with Crippen LogP contribution in [0.5, 0.6) is 0 Å².